The average Bonchev–Trinajstić information content (AvgIpc) is 2.51. The van der Waals surface area contributed by atoms with Crippen LogP contribution in [0.5, 0.6) is 0 Å². The fourth-order valence-corrected chi connectivity index (χ4v) is 1.76. The van der Waals surface area contributed by atoms with E-state index in [0.717, 1.165) is 23.8 Å². The lowest BCUT2D eigenvalue weighted by atomic mass is 10.5. The van der Waals surface area contributed by atoms with Crippen molar-refractivity contribution in [2.75, 3.05) is 12.4 Å². The standard InChI is InChI=1S/C9H13ClN2S/c1-8-7-13-9(12-8)6-11-5-3-2-4-10/h2-3,7,11H,4-6H2,1H3/b3-2+. The molecule has 0 amide bonds. The first-order chi connectivity index (χ1) is 6.33. The molecule has 0 aromatic carbocycles. The summed E-state index contributed by atoms with van der Waals surface area (Å²) >= 11 is 7.17. The van der Waals surface area contributed by atoms with Crippen molar-refractivity contribution in [2.45, 2.75) is 13.5 Å². The van der Waals surface area contributed by atoms with Gasteiger partial charge < -0.3 is 5.32 Å². The van der Waals surface area contributed by atoms with E-state index in [1.54, 1.807) is 11.3 Å². The first kappa shape index (κ1) is 10.7. The van der Waals surface area contributed by atoms with Crippen molar-refractivity contribution in [2.24, 2.45) is 0 Å². The number of alkyl halides is 1. The zero-order valence-electron chi connectivity index (χ0n) is 7.59. The molecule has 1 N–H and O–H groups in total. The smallest absolute Gasteiger partial charge is 0.107 e. The number of hydrogen-bond acceptors (Lipinski definition) is 3. The van der Waals surface area contributed by atoms with E-state index in [2.05, 4.69) is 15.7 Å². The van der Waals surface area contributed by atoms with Crippen molar-refractivity contribution in [3.05, 3.63) is 28.2 Å². The lowest BCUT2D eigenvalue weighted by Gasteiger charge is -1.96. The van der Waals surface area contributed by atoms with Gasteiger partial charge in [0.15, 0.2) is 0 Å². The molecular weight excluding hydrogens is 204 g/mol. The quantitative estimate of drug-likeness (QED) is 0.464. The number of allylic oxidation sites excluding steroid dienone is 1. The summed E-state index contributed by atoms with van der Waals surface area (Å²) in [6.45, 7) is 3.70. The second kappa shape index (κ2) is 6.13. The van der Waals surface area contributed by atoms with Crippen LogP contribution in [0.3, 0.4) is 0 Å². The molecular formula is C9H13ClN2S. The number of aromatic nitrogens is 1. The normalized spacial score (nSPS) is 11.2. The number of hydrogen-bond donors (Lipinski definition) is 1. The van der Waals surface area contributed by atoms with Crippen LogP contribution in [0.4, 0.5) is 0 Å². The average molecular weight is 217 g/mol. The van der Waals surface area contributed by atoms with Crippen LogP contribution in [0.2, 0.25) is 0 Å². The van der Waals surface area contributed by atoms with Crippen LogP contribution in [0.25, 0.3) is 0 Å². The van der Waals surface area contributed by atoms with Crippen molar-refractivity contribution < 1.29 is 0 Å². The fraction of sp³-hybridized carbons (Fsp3) is 0.444. The van der Waals surface area contributed by atoms with Crippen LogP contribution in [-0.2, 0) is 6.54 Å². The van der Waals surface area contributed by atoms with E-state index in [1.165, 1.54) is 0 Å². The van der Waals surface area contributed by atoms with E-state index < -0.39 is 0 Å². The van der Waals surface area contributed by atoms with Gasteiger partial charge >= 0.3 is 0 Å². The number of nitrogens with one attached hydrogen (secondary N) is 1. The van der Waals surface area contributed by atoms with Gasteiger partial charge in [-0.1, -0.05) is 12.2 Å². The van der Waals surface area contributed by atoms with Crippen molar-refractivity contribution in [1.82, 2.24) is 10.3 Å². The van der Waals surface area contributed by atoms with Crippen molar-refractivity contribution in [3.63, 3.8) is 0 Å². The molecule has 0 saturated carbocycles. The summed E-state index contributed by atoms with van der Waals surface area (Å²) in [6, 6.07) is 0. The van der Waals surface area contributed by atoms with Gasteiger partial charge in [0, 0.05) is 30.0 Å². The van der Waals surface area contributed by atoms with E-state index >= 15 is 0 Å². The van der Waals surface area contributed by atoms with Gasteiger partial charge in [0.05, 0.1) is 0 Å². The Labute approximate surface area is 87.6 Å². The Bertz CT molecular complexity index is 270. The lowest BCUT2D eigenvalue weighted by Crippen LogP contribution is -2.12. The zero-order chi connectivity index (χ0) is 9.52. The van der Waals surface area contributed by atoms with E-state index in [9.17, 15) is 0 Å². The molecule has 0 atom stereocenters. The Morgan fingerprint density at radius 1 is 1.62 bits per heavy atom. The maximum atomic E-state index is 5.48. The predicted octanol–water partition coefficient (Wildman–Crippen LogP) is 2.34. The second-order valence-corrected chi connectivity index (χ2v) is 3.89. The number of rotatable bonds is 5. The van der Waals surface area contributed by atoms with E-state index in [1.807, 2.05) is 19.1 Å². The van der Waals surface area contributed by atoms with E-state index in [0.29, 0.717) is 5.88 Å². The van der Waals surface area contributed by atoms with E-state index in [4.69, 9.17) is 11.6 Å². The Morgan fingerprint density at radius 2 is 2.46 bits per heavy atom. The molecule has 1 aromatic heterocycles. The van der Waals surface area contributed by atoms with Gasteiger partial charge in [0.2, 0.25) is 0 Å². The Balaban J connectivity index is 2.16. The second-order valence-electron chi connectivity index (χ2n) is 2.64. The molecule has 0 radical (unpaired) electrons. The molecule has 13 heavy (non-hydrogen) atoms. The molecule has 72 valence electrons. The Kier molecular flexibility index (Phi) is 5.05. The molecule has 0 bridgehead atoms. The monoisotopic (exact) mass is 216 g/mol. The number of thiazole rings is 1. The van der Waals surface area contributed by atoms with Gasteiger partial charge in [0.1, 0.15) is 5.01 Å². The van der Waals surface area contributed by atoms with Gasteiger partial charge in [-0.25, -0.2) is 4.98 Å². The third kappa shape index (κ3) is 4.41. The van der Waals surface area contributed by atoms with Gasteiger partial charge in [-0.05, 0) is 6.92 Å². The fourth-order valence-electron chi connectivity index (χ4n) is 0.893. The van der Waals surface area contributed by atoms with Crippen LogP contribution in [0.15, 0.2) is 17.5 Å². The van der Waals surface area contributed by atoms with Gasteiger partial charge in [0.25, 0.3) is 0 Å². The Morgan fingerprint density at radius 3 is 3.08 bits per heavy atom. The van der Waals surface area contributed by atoms with Crippen molar-refractivity contribution in [3.8, 4) is 0 Å². The van der Waals surface area contributed by atoms with Gasteiger partial charge in [-0.15, -0.1) is 22.9 Å². The summed E-state index contributed by atoms with van der Waals surface area (Å²) in [5, 5.41) is 6.45. The summed E-state index contributed by atoms with van der Waals surface area (Å²) in [7, 11) is 0. The molecule has 4 heteroatoms. The maximum absolute atomic E-state index is 5.48. The summed E-state index contributed by atoms with van der Waals surface area (Å²) in [5.74, 6) is 0.581. The summed E-state index contributed by atoms with van der Waals surface area (Å²) in [5.41, 5.74) is 1.10. The van der Waals surface area contributed by atoms with Gasteiger partial charge in [-0.3, -0.25) is 0 Å². The molecule has 2 nitrogen and oxygen atoms in total. The molecule has 0 unspecified atom stereocenters. The number of nitrogens with zero attached hydrogens (tertiary/aromatic N) is 1. The zero-order valence-corrected chi connectivity index (χ0v) is 9.16. The molecule has 0 aliphatic rings. The van der Waals surface area contributed by atoms with Crippen LogP contribution < -0.4 is 5.32 Å². The minimum Gasteiger partial charge on any atom is -0.307 e. The molecule has 0 aliphatic heterocycles. The highest BCUT2D eigenvalue weighted by molar-refractivity contribution is 7.09. The van der Waals surface area contributed by atoms with Crippen molar-refractivity contribution >= 4 is 22.9 Å². The summed E-state index contributed by atoms with van der Waals surface area (Å²) in [6.07, 6.45) is 3.95. The van der Waals surface area contributed by atoms with Gasteiger partial charge in [-0.2, -0.15) is 0 Å². The molecule has 1 heterocycles. The molecule has 0 spiro atoms. The SMILES string of the molecule is Cc1csc(CNC/C=C/CCl)n1. The highest BCUT2D eigenvalue weighted by Gasteiger charge is 1.95. The topological polar surface area (TPSA) is 24.9 Å². The minimum absolute atomic E-state index is 0.581. The first-order valence-electron chi connectivity index (χ1n) is 4.15. The van der Waals surface area contributed by atoms with E-state index in [-0.39, 0.29) is 0 Å². The number of aryl methyl sites for hydroxylation is 1. The summed E-state index contributed by atoms with van der Waals surface area (Å²) < 4.78 is 0. The largest absolute Gasteiger partial charge is 0.307 e. The Hall–Kier alpha value is -0.380. The molecule has 0 saturated heterocycles. The molecule has 0 aliphatic carbocycles. The van der Waals surface area contributed by atoms with Crippen LogP contribution in [-0.4, -0.2) is 17.4 Å². The highest BCUT2D eigenvalue weighted by atomic mass is 35.5. The highest BCUT2D eigenvalue weighted by Crippen LogP contribution is 2.07. The third-order valence-electron chi connectivity index (χ3n) is 1.46. The lowest BCUT2D eigenvalue weighted by molar-refractivity contribution is 0.752. The van der Waals surface area contributed by atoms with Crippen LogP contribution in [0.1, 0.15) is 10.7 Å². The third-order valence-corrected chi connectivity index (χ3v) is 2.61. The van der Waals surface area contributed by atoms with Crippen molar-refractivity contribution in [1.29, 1.82) is 0 Å². The predicted molar refractivity (Wildman–Crippen MR) is 58.4 cm³/mol. The molecule has 1 rings (SSSR count). The van der Waals surface area contributed by atoms with Crippen LogP contribution >= 0.6 is 22.9 Å². The number of halogens is 1. The maximum Gasteiger partial charge on any atom is 0.107 e. The summed E-state index contributed by atoms with van der Waals surface area (Å²) in [4.78, 5) is 4.33. The minimum atomic E-state index is 0.581. The molecule has 0 fully saturated rings. The molecule has 1 aromatic rings. The van der Waals surface area contributed by atoms with Crippen LogP contribution in [0, 0.1) is 6.92 Å². The first-order valence-corrected chi connectivity index (χ1v) is 5.57.